The van der Waals surface area contributed by atoms with Crippen molar-refractivity contribution in [3.05, 3.63) is 62.6 Å². The summed E-state index contributed by atoms with van der Waals surface area (Å²) in [4.78, 5) is 12.3. The number of phenolic OH excluding ortho intramolecular Hbond substituents is 1. The van der Waals surface area contributed by atoms with E-state index in [1.165, 1.54) is 24.3 Å². The highest BCUT2D eigenvalue weighted by molar-refractivity contribution is 6.42. The van der Waals surface area contributed by atoms with Crippen molar-refractivity contribution in [2.24, 2.45) is 0 Å². The lowest BCUT2D eigenvalue weighted by Crippen LogP contribution is -2.19. The number of nitrogens with one attached hydrogen (secondary N) is 2. The van der Waals surface area contributed by atoms with Gasteiger partial charge in [-0.05, 0) is 42.5 Å². The second-order valence-corrected chi connectivity index (χ2v) is 6.78. The van der Waals surface area contributed by atoms with E-state index in [9.17, 15) is 9.90 Å². The molecule has 8 heteroatoms. The molecule has 3 rings (SSSR count). The molecule has 0 fully saturated rings. The van der Waals surface area contributed by atoms with Crippen LogP contribution < -0.4 is 10.6 Å². The Bertz CT molecular complexity index is 992. The highest BCUT2D eigenvalue weighted by Gasteiger charge is 2.14. The second kappa shape index (κ2) is 7.18. The first-order valence-corrected chi connectivity index (χ1v) is 8.50. The van der Waals surface area contributed by atoms with E-state index >= 15 is 0 Å². The van der Waals surface area contributed by atoms with E-state index in [0.29, 0.717) is 37.2 Å². The Morgan fingerprint density at radius 2 is 1.52 bits per heavy atom. The second-order valence-electron chi connectivity index (χ2n) is 5.15. The molecule has 0 aromatic heterocycles. The molecule has 0 atom stereocenters. The number of aromatic hydroxyl groups is 1. The summed E-state index contributed by atoms with van der Waals surface area (Å²) in [7, 11) is 0. The minimum atomic E-state index is -0.535. The molecule has 25 heavy (non-hydrogen) atoms. The summed E-state index contributed by atoms with van der Waals surface area (Å²) in [6.07, 6.45) is 0. The molecule has 0 spiro atoms. The first-order chi connectivity index (χ1) is 11.8. The molecule has 128 valence electrons. The number of fused-ring (bicyclic) bond motifs is 1. The Morgan fingerprint density at radius 3 is 2.24 bits per heavy atom. The zero-order valence-corrected chi connectivity index (χ0v) is 15.4. The average molecular weight is 416 g/mol. The van der Waals surface area contributed by atoms with E-state index in [1.807, 2.05) is 0 Å². The van der Waals surface area contributed by atoms with E-state index in [2.05, 4.69) is 10.6 Å². The number of benzene rings is 3. The molecule has 2 amide bonds. The number of halogens is 4. The molecular formula is C17H10Cl4N2O2. The fraction of sp³-hybridized carbons (Fsp3) is 0. The first kappa shape index (κ1) is 18.0. The lowest BCUT2D eigenvalue weighted by molar-refractivity contribution is 0.262. The Morgan fingerprint density at radius 1 is 0.760 bits per heavy atom. The van der Waals surface area contributed by atoms with Gasteiger partial charge in [0.1, 0.15) is 5.75 Å². The van der Waals surface area contributed by atoms with Gasteiger partial charge in [0.2, 0.25) is 0 Å². The number of rotatable bonds is 2. The van der Waals surface area contributed by atoms with Crippen LogP contribution in [0.3, 0.4) is 0 Å². The fourth-order valence-corrected chi connectivity index (χ4v) is 3.20. The Balaban J connectivity index is 1.93. The molecule has 3 N–H and O–H groups in total. The van der Waals surface area contributed by atoms with E-state index in [4.69, 9.17) is 46.4 Å². The maximum absolute atomic E-state index is 12.3. The summed E-state index contributed by atoms with van der Waals surface area (Å²) in [5, 5.41) is 17.5. The number of urea groups is 1. The third kappa shape index (κ3) is 3.88. The van der Waals surface area contributed by atoms with Crippen molar-refractivity contribution in [3.63, 3.8) is 0 Å². The molecule has 0 aliphatic carbocycles. The van der Waals surface area contributed by atoms with Gasteiger partial charge >= 0.3 is 6.03 Å². The monoisotopic (exact) mass is 414 g/mol. The third-order valence-electron chi connectivity index (χ3n) is 3.44. The van der Waals surface area contributed by atoms with Crippen molar-refractivity contribution in [1.29, 1.82) is 0 Å². The van der Waals surface area contributed by atoms with Gasteiger partial charge in [0.05, 0.1) is 25.8 Å². The maximum Gasteiger partial charge on any atom is 0.323 e. The molecule has 0 saturated carbocycles. The summed E-state index contributed by atoms with van der Waals surface area (Å²) in [5.41, 5.74) is 0.790. The summed E-state index contributed by atoms with van der Waals surface area (Å²) in [6, 6.07) is 10.3. The van der Waals surface area contributed by atoms with Gasteiger partial charge in [0, 0.05) is 16.5 Å². The predicted octanol–water partition coefficient (Wildman–Crippen LogP) is 6.80. The van der Waals surface area contributed by atoms with Crippen molar-refractivity contribution in [2.45, 2.75) is 0 Å². The largest absolute Gasteiger partial charge is 0.508 e. The minimum absolute atomic E-state index is 0.0266. The molecule has 0 aliphatic rings. The Labute approximate surface area is 163 Å². The number of phenols is 1. The zero-order valence-electron chi connectivity index (χ0n) is 12.4. The fourth-order valence-electron chi connectivity index (χ4n) is 2.31. The number of carbonyl (C=O) groups is 1. The average Bonchev–Trinajstić information content (AvgIpc) is 2.54. The molecular weight excluding hydrogens is 406 g/mol. The molecule has 3 aromatic carbocycles. The molecule has 0 bridgehead atoms. The van der Waals surface area contributed by atoms with E-state index < -0.39 is 6.03 Å². The van der Waals surface area contributed by atoms with Crippen molar-refractivity contribution < 1.29 is 9.90 Å². The molecule has 3 aromatic rings. The molecule has 0 radical (unpaired) electrons. The van der Waals surface area contributed by atoms with Crippen LogP contribution in [0.4, 0.5) is 16.2 Å². The summed E-state index contributed by atoms with van der Waals surface area (Å²) < 4.78 is 0. The summed E-state index contributed by atoms with van der Waals surface area (Å²) in [5.74, 6) is 0.0266. The highest BCUT2D eigenvalue weighted by Crippen LogP contribution is 2.38. The lowest BCUT2D eigenvalue weighted by atomic mass is 10.1. The van der Waals surface area contributed by atoms with Crippen molar-refractivity contribution in [1.82, 2.24) is 0 Å². The Kier molecular flexibility index (Phi) is 5.16. The predicted molar refractivity (Wildman–Crippen MR) is 105 cm³/mol. The first-order valence-electron chi connectivity index (χ1n) is 6.99. The van der Waals surface area contributed by atoms with Gasteiger partial charge in [-0.1, -0.05) is 46.4 Å². The zero-order chi connectivity index (χ0) is 18.1. The standard InChI is InChI=1S/C17H10Cl4N2O2/c18-12-4-1-8(5-14(12)20)22-17(25)23-16-11-6-9(24)2-3-10(11)13(19)7-15(16)21/h1-7,24H,(H2,22,23,25). The molecule has 0 aliphatic heterocycles. The number of hydrogen-bond donors (Lipinski definition) is 3. The summed E-state index contributed by atoms with van der Waals surface area (Å²) in [6.45, 7) is 0. The van der Waals surface area contributed by atoms with Gasteiger partial charge in [-0.25, -0.2) is 4.79 Å². The SMILES string of the molecule is O=C(Nc1ccc(Cl)c(Cl)c1)Nc1c(Cl)cc(Cl)c2ccc(O)cc12. The molecule has 0 heterocycles. The maximum atomic E-state index is 12.3. The van der Waals surface area contributed by atoms with Gasteiger partial charge in [0.15, 0.2) is 0 Å². The summed E-state index contributed by atoms with van der Waals surface area (Å²) >= 11 is 24.1. The Hall–Kier alpha value is -1.85. The van der Waals surface area contributed by atoms with Gasteiger partial charge in [-0.3, -0.25) is 0 Å². The minimum Gasteiger partial charge on any atom is -0.508 e. The normalized spacial score (nSPS) is 10.7. The van der Waals surface area contributed by atoms with Crippen LogP contribution in [0.5, 0.6) is 5.75 Å². The van der Waals surface area contributed by atoms with Crippen molar-refractivity contribution >= 4 is 74.6 Å². The van der Waals surface area contributed by atoms with Gasteiger partial charge < -0.3 is 15.7 Å². The number of hydrogen-bond acceptors (Lipinski definition) is 2. The van der Waals surface area contributed by atoms with Crippen LogP contribution in [-0.2, 0) is 0 Å². The van der Waals surface area contributed by atoms with Crippen molar-refractivity contribution in [2.75, 3.05) is 10.6 Å². The highest BCUT2D eigenvalue weighted by atomic mass is 35.5. The van der Waals surface area contributed by atoms with Crippen LogP contribution in [0, 0.1) is 0 Å². The lowest BCUT2D eigenvalue weighted by Gasteiger charge is -2.13. The van der Waals surface area contributed by atoms with E-state index in [1.54, 1.807) is 18.2 Å². The topological polar surface area (TPSA) is 61.4 Å². The van der Waals surface area contributed by atoms with Crippen LogP contribution in [0.15, 0.2) is 42.5 Å². The van der Waals surface area contributed by atoms with Crippen LogP contribution in [0.2, 0.25) is 20.1 Å². The molecule has 0 saturated heterocycles. The quantitative estimate of drug-likeness (QED) is 0.430. The van der Waals surface area contributed by atoms with Crippen LogP contribution in [-0.4, -0.2) is 11.1 Å². The van der Waals surface area contributed by atoms with Gasteiger partial charge in [-0.2, -0.15) is 0 Å². The number of anilines is 2. The molecule has 4 nitrogen and oxygen atoms in total. The molecule has 0 unspecified atom stereocenters. The number of carbonyl (C=O) groups excluding carboxylic acids is 1. The van der Waals surface area contributed by atoms with E-state index in [0.717, 1.165) is 0 Å². The smallest absolute Gasteiger partial charge is 0.323 e. The van der Waals surface area contributed by atoms with Crippen LogP contribution in [0.25, 0.3) is 10.8 Å². The van der Waals surface area contributed by atoms with E-state index in [-0.39, 0.29) is 10.8 Å². The van der Waals surface area contributed by atoms with Crippen LogP contribution in [0.1, 0.15) is 0 Å². The third-order valence-corrected chi connectivity index (χ3v) is 4.79. The van der Waals surface area contributed by atoms with Crippen molar-refractivity contribution in [3.8, 4) is 5.75 Å². The van der Waals surface area contributed by atoms with Gasteiger partial charge in [-0.15, -0.1) is 0 Å². The van der Waals surface area contributed by atoms with Gasteiger partial charge in [0.25, 0.3) is 0 Å². The van der Waals surface area contributed by atoms with Crippen LogP contribution >= 0.6 is 46.4 Å². The number of amides is 2.